The SMILES string of the molecule is CCC(C)c1ccc2nc(-c3ccc(OC)c(OC)c3)cc(C(=O)O)c2c1. The first-order chi connectivity index (χ1) is 13.0. The van der Waals surface area contributed by atoms with Gasteiger partial charge in [-0.15, -0.1) is 0 Å². The normalized spacial score (nSPS) is 12.0. The quantitative estimate of drug-likeness (QED) is 0.656. The fraction of sp³-hybridized carbons (Fsp3) is 0.273. The van der Waals surface area contributed by atoms with Crippen molar-refractivity contribution in [3.05, 3.63) is 53.6 Å². The van der Waals surface area contributed by atoms with Gasteiger partial charge in [-0.2, -0.15) is 0 Å². The predicted octanol–water partition coefficient (Wildman–Crippen LogP) is 5.13. The maximum absolute atomic E-state index is 11.9. The molecule has 0 amide bonds. The predicted molar refractivity (Wildman–Crippen MR) is 106 cm³/mol. The van der Waals surface area contributed by atoms with Gasteiger partial charge in [-0.3, -0.25) is 0 Å². The molecule has 1 heterocycles. The van der Waals surface area contributed by atoms with Crippen molar-refractivity contribution in [2.24, 2.45) is 0 Å². The first-order valence-corrected chi connectivity index (χ1v) is 8.88. The van der Waals surface area contributed by atoms with Crippen molar-refractivity contribution in [3.63, 3.8) is 0 Å². The summed E-state index contributed by atoms with van der Waals surface area (Å²) in [5, 5.41) is 10.4. The van der Waals surface area contributed by atoms with E-state index in [-0.39, 0.29) is 5.56 Å². The number of carboxylic acid groups (broad SMARTS) is 1. The van der Waals surface area contributed by atoms with Crippen molar-refractivity contribution >= 4 is 16.9 Å². The lowest BCUT2D eigenvalue weighted by Gasteiger charge is -2.13. The number of carboxylic acids is 1. The number of aromatic nitrogens is 1. The standard InChI is InChI=1S/C22H23NO4/c1-5-13(2)14-6-8-18-16(10-14)17(22(24)25)12-19(23-18)15-7-9-20(26-3)21(11-15)27-4/h6-13H,5H2,1-4H3,(H,24,25). The number of fused-ring (bicyclic) bond motifs is 1. The van der Waals surface area contributed by atoms with Gasteiger partial charge < -0.3 is 14.6 Å². The van der Waals surface area contributed by atoms with Crippen molar-refractivity contribution in [2.75, 3.05) is 14.2 Å². The van der Waals surface area contributed by atoms with Gasteiger partial charge in [0.15, 0.2) is 11.5 Å². The van der Waals surface area contributed by atoms with E-state index in [2.05, 4.69) is 18.8 Å². The van der Waals surface area contributed by atoms with Crippen LogP contribution in [0.1, 0.15) is 42.1 Å². The molecule has 1 unspecified atom stereocenters. The highest BCUT2D eigenvalue weighted by Gasteiger charge is 2.16. The lowest BCUT2D eigenvalue weighted by molar-refractivity contribution is 0.0699. The van der Waals surface area contributed by atoms with E-state index in [1.807, 2.05) is 24.3 Å². The number of carbonyl (C=O) groups is 1. The van der Waals surface area contributed by atoms with Crippen LogP contribution in [0.2, 0.25) is 0 Å². The molecular formula is C22H23NO4. The van der Waals surface area contributed by atoms with E-state index >= 15 is 0 Å². The van der Waals surface area contributed by atoms with Crippen LogP contribution in [0.25, 0.3) is 22.2 Å². The molecule has 1 aromatic heterocycles. The molecule has 0 aliphatic heterocycles. The van der Waals surface area contributed by atoms with Gasteiger partial charge in [-0.05, 0) is 54.3 Å². The van der Waals surface area contributed by atoms with Gasteiger partial charge in [0.1, 0.15) is 0 Å². The number of ether oxygens (including phenoxy) is 2. The van der Waals surface area contributed by atoms with Crippen molar-refractivity contribution < 1.29 is 19.4 Å². The molecule has 140 valence electrons. The summed E-state index contributed by atoms with van der Waals surface area (Å²) in [6.45, 7) is 4.25. The Bertz CT molecular complexity index is 997. The molecule has 5 nitrogen and oxygen atoms in total. The number of aromatic carboxylic acids is 1. The highest BCUT2D eigenvalue weighted by atomic mass is 16.5. The maximum atomic E-state index is 11.9. The molecule has 0 fully saturated rings. The highest BCUT2D eigenvalue weighted by Crippen LogP contribution is 2.34. The number of benzene rings is 2. The summed E-state index contributed by atoms with van der Waals surface area (Å²) in [5.74, 6) is 0.576. The Morgan fingerprint density at radius 3 is 2.44 bits per heavy atom. The largest absolute Gasteiger partial charge is 0.493 e. The molecule has 0 aliphatic carbocycles. The van der Waals surface area contributed by atoms with Crippen LogP contribution in [0.5, 0.6) is 11.5 Å². The molecule has 0 radical (unpaired) electrons. The number of hydrogen-bond donors (Lipinski definition) is 1. The topological polar surface area (TPSA) is 68.7 Å². The molecule has 1 N–H and O–H groups in total. The second-order valence-electron chi connectivity index (χ2n) is 6.52. The minimum atomic E-state index is -0.967. The Morgan fingerprint density at radius 2 is 1.81 bits per heavy atom. The molecule has 0 aliphatic rings. The number of rotatable bonds is 6. The van der Waals surface area contributed by atoms with Gasteiger partial charge >= 0.3 is 5.97 Å². The fourth-order valence-corrected chi connectivity index (χ4v) is 3.11. The second-order valence-corrected chi connectivity index (χ2v) is 6.52. The van der Waals surface area contributed by atoms with Crippen molar-refractivity contribution in [1.82, 2.24) is 4.98 Å². The lowest BCUT2D eigenvalue weighted by Crippen LogP contribution is -2.02. The molecule has 3 aromatic rings. The van der Waals surface area contributed by atoms with E-state index < -0.39 is 5.97 Å². The van der Waals surface area contributed by atoms with Gasteiger partial charge in [0.05, 0.1) is 31.0 Å². The third kappa shape index (κ3) is 3.58. The number of nitrogens with zero attached hydrogens (tertiary/aromatic N) is 1. The van der Waals surface area contributed by atoms with Crippen molar-refractivity contribution in [3.8, 4) is 22.8 Å². The average Bonchev–Trinajstić information content (AvgIpc) is 2.71. The zero-order chi connectivity index (χ0) is 19.6. The molecule has 0 saturated carbocycles. The van der Waals surface area contributed by atoms with Crippen LogP contribution in [-0.4, -0.2) is 30.3 Å². The molecule has 5 heteroatoms. The van der Waals surface area contributed by atoms with Crippen molar-refractivity contribution in [1.29, 1.82) is 0 Å². The highest BCUT2D eigenvalue weighted by molar-refractivity contribution is 6.04. The molecule has 27 heavy (non-hydrogen) atoms. The Balaban J connectivity index is 2.20. The van der Waals surface area contributed by atoms with E-state index in [1.165, 1.54) is 0 Å². The summed E-state index contributed by atoms with van der Waals surface area (Å²) in [7, 11) is 3.14. The third-order valence-electron chi connectivity index (χ3n) is 4.92. The van der Waals surface area contributed by atoms with Crippen LogP contribution in [0.3, 0.4) is 0 Å². The van der Waals surface area contributed by atoms with Crippen LogP contribution < -0.4 is 9.47 Å². The van der Waals surface area contributed by atoms with Crippen LogP contribution in [0, 0.1) is 0 Å². The number of pyridine rings is 1. The fourth-order valence-electron chi connectivity index (χ4n) is 3.11. The first kappa shape index (κ1) is 18.7. The molecule has 1 atom stereocenters. The molecule has 2 aromatic carbocycles. The summed E-state index contributed by atoms with van der Waals surface area (Å²) in [6, 6.07) is 12.9. The number of methoxy groups -OCH3 is 2. The zero-order valence-corrected chi connectivity index (χ0v) is 15.9. The summed E-state index contributed by atoms with van der Waals surface area (Å²) in [6.07, 6.45) is 0.991. The summed E-state index contributed by atoms with van der Waals surface area (Å²) >= 11 is 0. The Morgan fingerprint density at radius 1 is 1.07 bits per heavy atom. The van der Waals surface area contributed by atoms with Gasteiger partial charge in [0.2, 0.25) is 0 Å². The number of hydrogen-bond acceptors (Lipinski definition) is 4. The zero-order valence-electron chi connectivity index (χ0n) is 15.9. The Labute approximate surface area is 158 Å². The molecule has 3 rings (SSSR count). The van der Waals surface area contributed by atoms with Crippen molar-refractivity contribution in [2.45, 2.75) is 26.2 Å². The Kier molecular flexibility index (Phi) is 5.31. The first-order valence-electron chi connectivity index (χ1n) is 8.88. The molecular weight excluding hydrogens is 342 g/mol. The maximum Gasteiger partial charge on any atom is 0.336 e. The van der Waals surface area contributed by atoms with E-state index in [9.17, 15) is 9.90 Å². The summed E-state index contributed by atoms with van der Waals surface area (Å²) < 4.78 is 10.6. The minimum Gasteiger partial charge on any atom is -0.493 e. The van der Waals surface area contributed by atoms with Crippen LogP contribution in [0.15, 0.2) is 42.5 Å². The third-order valence-corrected chi connectivity index (χ3v) is 4.92. The molecule has 0 spiro atoms. The molecule has 0 saturated heterocycles. The van der Waals surface area contributed by atoms with Gasteiger partial charge in [0.25, 0.3) is 0 Å². The minimum absolute atomic E-state index is 0.245. The van der Waals surface area contributed by atoms with Gasteiger partial charge in [-0.25, -0.2) is 9.78 Å². The van der Waals surface area contributed by atoms with E-state index in [0.717, 1.165) is 17.5 Å². The van der Waals surface area contributed by atoms with Crippen LogP contribution in [0.4, 0.5) is 0 Å². The monoisotopic (exact) mass is 365 g/mol. The second kappa shape index (κ2) is 7.66. The summed E-state index contributed by atoms with van der Waals surface area (Å²) in [5.41, 5.74) is 3.37. The Hall–Kier alpha value is -3.08. The summed E-state index contributed by atoms with van der Waals surface area (Å²) in [4.78, 5) is 16.6. The van der Waals surface area contributed by atoms with E-state index in [1.54, 1.807) is 32.4 Å². The van der Waals surface area contributed by atoms with Crippen LogP contribution >= 0.6 is 0 Å². The van der Waals surface area contributed by atoms with Crippen LogP contribution in [-0.2, 0) is 0 Å². The smallest absolute Gasteiger partial charge is 0.336 e. The lowest BCUT2D eigenvalue weighted by atomic mass is 9.95. The van der Waals surface area contributed by atoms with E-state index in [4.69, 9.17) is 9.47 Å². The average molecular weight is 365 g/mol. The van der Waals surface area contributed by atoms with Gasteiger partial charge in [0, 0.05) is 10.9 Å². The van der Waals surface area contributed by atoms with E-state index in [0.29, 0.717) is 34.0 Å². The van der Waals surface area contributed by atoms with Gasteiger partial charge in [-0.1, -0.05) is 19.9 Å². The molecule has 0 bridgehead atoms.